The molecule has 1 aromatic rings. The van der Waals surface area contributed by atoms with Crippen molar-refractivity contribution in [2.75, 3.05) is 5.32 Å². The SMILES string of the molecule is CCC(=O)Nc1ccc(S(=O)(=O)NC(C)=O)cc1. The predicted molar refractivity (Wildman–Crippen MR) is 66.4 cm³/mol. The van der Waals surface area contributed by atoms with Gasteiger partial charge >= 0.3 is 0 Å². The second-order valence-electron chi connectivity index (χ2n) is 3.59. The molecular formula is C11H14N2O4S. The molecule has 0 fully saturated rings. The highest BCUT2D eigenvalue weighted by Gasteiger charge is 2.14. The summed E-state index contributed by atoms with van der Waals surface area (Å²) in [6, 6.07) is 5.55. The molecule has 0 bridgehead atoms. The number of hydrogen-bond acceptors (Lipinski definition) is 4. The van der Waals surface area contributed by atoms with E-state index in [1.54, 1.807) is 6.92 Å². The summed E-state index contributed by atoms with van der Waals surface area (Å²) in [5, 5.41) is 2.59. The van der Waals surface area contributed by atoms with Crippen molar-refractivity contribution in [1.29, 1.82) is 0 Å². The van der Waals surface area contributed by atoms with Crippen LogP contribution in [0.5, 0.6) is 0 Å². The average molecular weight is 270 g/mol. The van der Waals surface area contributed by atoms with Crippen molar-refractivity contribution in [2.45, 2.75) is 25.2 Å². The van der Waals surface area contributed by atoms with E-state index in [0.717, 1.165) is 6.92 Å². The molecule has 2 amide bonds. The lowest BCUT2D eigenvalue weighted by Gasteiger charge is -2.06. The first-order valence-electron chi connectivity index (χ1n) is 5.28. The van der Waals surface area contributed by atoms with Gasteiger partial charge in [-0.25, -0.2) is 13.1 Å². The summed E-state index contributed by atoms with van der Waals surface area (Å²) < 4.78 is 25.1. The summed E-state index contributed by atoms with van der Waals surface area (Å²) in [7, 11) is -3.82. The summed E-state index contributed by atoms with van der Waals surface area (Å²) in [6.45, 7) is 2.83. The molecule has 0 saturated carbocycles. The molecule has 0 aliphatic rings. The van der Waals surface area contributed by atoms with Gasteiger partial charge in [0.1, 0.15) is 0 Å². The Morgan fingerprint density at radius 3 is 2.17 bits per heavy atom. The van der Waals surface area contributed by atoms with Crippen LogP contribution in [0.2, 0.25) is 0 Å². The van der Waals surface area contributed by atoms with Gasteiger partial charge in [-0.1, -0.05) is 6.92 Å². The highest BCUT2D eigenvalue weighted by Crippen LogP contribution is 2.14. The molecule has 0 aromatic heterocycles. The van der Waals surface area contributed by atoms with E-state index in [-0.39, 0.29) is 10.8 Å². The van der Waals surface area contributed by atoms with Crippen molar-refractivity contribution < 1.29 is 18.0 Å². The van der Waals surface area contributed by atoms with E-state index in [0.29, 0.717) is 12.1 Å². The second kappa shape index (κ2) is 5.63. The van der Waals surface area contributed by atoms with Crippen molar-refractivity contribution in [3.63, 3.8) is 0 Å². The van der Waals surface area contributed by atoms with Crippen LogP contribution in [-0.4, -0.2) is 20.2 Å². The highest BCUT2D eigenvalue weighted by molar-refractivity contribution is 7.90. The molecular weight excluding hydrogens is 256 g/mol. The molecule has 0 aliphatic heterocycles. The van der Waals surface area contributed by atoms with Crippen LogP contribution < -0.4 is 10.0 Å². The molecule has 1 rings (SSSR count). The number of anilines is 1. The van der Waals surface area contributed by atoms with Gasteiger partial charge in [0.15, 0.2) is 0 Å². The molecule has 0 radical (unpaired) electrons. The monoisotopic (exact) mass is 270 g/mol. The van der Waals surface area contributed by atoms with Gasteiger partial charge in [-0.05, 0) is 24.3 Å². The van der Waals surface area contributed by atoms with Crippen LogP contribution in [0.1, 0.15) is 20.3 Å². The summed E-state index contributed by atoms with van der Waals surface area (Å²) >= 11 is 0. The smallest absolute Gasteiger partial charge is 0.264 e. The molecule has 0 spiro atoms. The van der Waals surface area contributed by atoms with Gasteiger partial charge in [0.05, 0.1) is 4.90 Å². The molecule has 0 heterocycles. The summed E-state index contributed by atoms with van der Waals surface area (Å²) in [5.74, 6) is -0.814. The molecule has 98 valence electrons. The third kappa shape index (κ3) is 3.85. The largest absolute Gasteiger partial charge is 0.326 e. The van der Waals surface area contributed by atoms with Gasteiger partial charge in [-0.2, -0.15) is 0 Å². The average Bonchev–Trinajstić information content (AvgIpc) is 2.28. The van der Waals surface area contributed by atoms with Crippen LogP contribution in [0.15, 0.2) is 29.2 Å². The van der Waals surface area contributed by atoms with E-state index in [9.17, 15) is 18.0 Å². The topological polar surface area (TPSA) is 92.3 Å². The van der Waals surface area contributed by atoms with Crippen molar-refractivity contribution in [3.8, 4) is 0 Å². The molecule has 0 atom stereocenters. The zero-order valence-electron chi connectivity index (χ0n) is 10.1. The van der Waals surface area contributed by atoms with Gasteiger partial charge in [0.2, 0.25) is 11.8 Å². The van der Waals surface area contributed by atoms with Gasteiger partial charge < -0.3 is 5.32 Å². The van der Waals surface area contributed by atoms with Gasteiger partial charge in [-0.15, -0.1) is 0 Å². The third-order valence-corrected chi connectivity index (χ3v) is 3.50. The minimum atomic E-state index is -3.82. The lowest BCUT2D eigenvalue weighted by atomic mass is 10.3. The minimum absolute atomic E-state index is 0.0350. The summed E-state index contributed by atoms with van der Waals surface area (Å²) in [4.78, 5) is 21.8. The fraction of sp³-hybridized carbons (Fsp3) is 0.273. The molecule has 2 N–H and O–H groups in total. The van der Waals surface area contributed by atoms with E-state index in [2.05, 4.69) is 5.32 Å². The Balaban J connectivity index is 2.89. The fourth-order valence-electron chi connectivity index (χ4n) is 1.21. The first kappa shape index (κ1) is 14.2. The van der Waals surface area contributed by atoms with Crippen LogP contribution >= 0.6 is 0 Å². The molecule has 6 nitrogen and oxygen atoms in total. The van der Waals surface area contributed by atoms with E-state index in [1.807, 2.05) is 4.72 Å². The third-order valence-electron chi connectivity index (χ3n) is 2.05. The minimum Gasteiger partial charge on any atom is -0.326 e. The molecule has 18 heavy (non-hydrogen) atoms. The number of benzene rings is 1. The van der Waals surface area contributed by atoms with Crippen molar-refractivity contribution in [1.82, 2.24) is 4.72 Å². The van der Waals surface area contributed by atoms with Crippen molar-refractivity contribution in [2.24, 2.45) is 0 Å². The molecule has 0 unspecified atom stereocenters. The van der Waals surface area contributed by atoms with Crippen LogP contribution in [0, 0.1) is 0 Å². The molecule has 0 aliphatic carbocycles. The number of nitrogens with one attached hydrogen (secondary N) is 2. The van der Waals surface area contributed by atoms with Gasteiger partial charge in [-0.3, -0.25) is 9.59 Å². The highest BCUT2D eigenvalue weighted by atomic mass is 32.2. The number of carbonyl (C=O) groups excluding carboxylic acids is 2. The lowest BCUT2D eigenvalue weighted by Crippen LogP contribution is -2.28. The molecule has 7 heteroatoms. The zero-order chi connectivity index (χ0) is 13.8. The van der Waals surface area contributed by atoms with Gasteiger partial charge in [0.25, 0.3) is 10.0 Å². The van der Waals surface area contributed by atoms with Crippen LogP contribution in [0.3, 0.4) is 0 Å². The summed E-state index contributed by atoms with van der Waals surface area (Å²) in [6.07, 6.45) is 0.339. The standard InChI is InChI=1S/C11H14N2O4S/c1-3-11(15)12-9-4-6-10(7-5-9)18(16,17)13-8(2)14/h4-7H,3H2,1-2H3,(H,12,15)(H,13,14). The predicted octanol–water partition coefficient (Wildman–Crippen LogP) is 0.860. The number of rotatable bonds is 4. The first-order valence-corrected chi connectivity index (χ1v) is 6.77. The molecule has 1 aromatic carbocycles. The Morgan fingerprint density at radius 2 is 1.72 bits per heavy atom. The fourth-order valence-corrected chi connectivity index (χ4v) is 2.21. The van der Waals surface area contributed by atoms with Crippen LogP contribution in [0.25, 0.3) is 0 Å². The number of sulfonamides is 1. The van der Waals surface area contributed by atoms with E-state index in [1.165, 1.54) is 24.3 Å². The van der Waals surface area contributed by atoms with Crippen molar-refractivity contribution >= 4 is 27.5 Å². The number of hydrogen-bond donors (Lipinski definition) is 2. The van der Waals surface area contributed by atoms with Crippen LogP contribution in [-0.2, 0) is 19.6 Å². The normalized spacial score (nSPS) is 10.8. The van der Waals surface area contributed by atoms with E-state index < -0.39 is 15.9 Å². The van der Waals surface area contributed by atoms with E-state index in [4.69, 9.17) is 0 Å². The maximum absolute atomic E-state index is 11.6. The quantitative estimate of drug-likeness (QED) is 0.848. The Morgan fingerprint density at radius 1 is 1.17 bits per heavy atom. The second-order valence-corrected chi connectivity index (χ2v) is 5.27. The zero-order valence-corrected chi connectivity index (χ0v) is 10.9. The Labute approximate surface area is 105 Å². The maximum Gasteiger partial charge on any atom is 0.264 e. The first-order chi connectivity index (χ1) is 8.35. The number of carbonyl (C=O) groups is 2. The lowest BCUT2D eigenvalue weighted by molar-refractivity contribution is -0.117. The van der Waals surface area contributed by atoms with Gasteiger partial charge in [0, 0.05) is 19.0 Å². The Hall–Kier alpha value is -1.89. The number of amides is 2. The molecule has 0 saturated heterocycles. The summed E-state index contributed by atoms with van der Waals surface area (Å²) in [5.41, 5.74) is 0.503. The van der Waals surface area contributed by atoms with E-state index >= 15 is 0 Å². The Kier molecular flexibility index (Phi) is 4.43. The maximum atomic E-state index is 11.6. The van der Waals surface area contributed by atoms with Crippen LogP contribution in [0.4, 0.5) is 5.69 Å². The van der Waals surface area contributed by atoms with Crippen molar-refractivity contribution in [3.05, 3.63) is 24.3 Å². The Bertz CT molecular complexity index is 549.